The van der Waals surface area contributed by atoms with E-state index in [1.165, 1.54) is 7.11 Å². The van der Waals surface area contributed by atoms with Crippen molar-refractivity contribution in [2.24, 2.45) is 0 Å². The molecule has 0 N–H and O–H groups in total. The lowest BCUT2D eigenvalue weighted by Gasteiger charge is -2.12. The second kappa shape index (κ2) is 6.53. The Morgan fingerprint density at radius 1 is 1.17 bits per heavy atom. The summed E-state index contributed by atoms with van der Waals surface area (Å²) >= 11 is 0. The Hall–Kier alpha value is -2.18. The maximum absolute atomic E-state index is 11.2. The van der Waals surface area contributed by atoms with Crippen LogP contribution in [0.2, 0.25) is 0 Å². The van der Waals surface area contributed by atoms with Gasteiger partial charge in [0, 0.05) is 25.0 Å². The lowest BCUT2D eigenvalue weighted by molar-refractivity contribution is -0.144. The first-order chi connectivity index (χ1) is 8.54. The summed E-state index contributed by atoms with van der Waals surface area (Å²) in [6, 6.07) is 0. The number of carbonyl (C=O) groups excluding carboxylic acids is 4. The van der Waals surface area contributed by atoms with Gasteiger partial charge in [0.15, 0.2) is 0 Å². The normalized spacial score (nSPS) is 15.3. The molecular formula is C11H13NO6. The van der Waals surface area contributed by atoms with Crippen LogP contribution in [-0.4, -0.2) is 48.9 Å². The van der Waals surface area contributed by atoms with E-state index in [0.29, 0.717) is 0 Å². The van der Waals surface area contributed by atoms with Crippen molar-refractivity contribution in [1.82, 2.24) is 4.90 Å². The molecule has 0 saturated carbocycles. The van der Waals surface area contributed by atoms with E-state index in [-0.39, 0.29) is 37.8 Å². The summed E-state index contributed by atoms with van der Waals surface area (Å²) in [5, 5.41) is 0. The number of nitrogens with zero attached hydrogens (tertiary/aromatic N) is 1. The fourth-order valence-corrected chi connectivity index (χ4v) is 1.36. The van der Waals surface area contributed by atoms with Crippen molar-refractivity contribution in [2.75, 3.05) is 20.3 Å². The van der Waals surface area contributed by atoms with E-state index in [9.17, 15) is 19.2 Å². The van der Waals surface area contributed by atoms with Gasteiger partial charge in [0.05, 0.1) is 13.7 Å². The SMILES string of the molecule is COC(=O)C=CC(=O)OCCN1C(=O)CCC1=O. The summed E-state index contributed by atoms with van der Waals surface area (Å²) in [4.78, 5) is 45.2. The fraction of sp³-hybridized carbons (Fsp3) is 0.455. The fourth-order valence-electron chi connectivity index (χ4n) is 1.36. The summed E-state index contributed by atoms with van der Waals surface area (Å²) in [7, 11) is 1.18. The van der Waals surface area contributed by atoms with Crippen molar-refractivity contribution >= 4 is 23.8 Å². The predicted molar refractivity (Wildman–Crippen MR) is 58.1 cm³/mol. The van der Waals surface area contributed by atoms with Crippen molar-refractivity contribution in [2.45, 2.75) is 12.8 Å². The first-order valence-electron chi connectivity index (χ1n) is 5.30. The number of amides is 2. The van der Waals surface area contributed by atoms with E-state index in [4.69, 9.17) is 4.74 Å². The van der Waals surface area contributed by atoms with Crippen molar-refractivity contribution in [3.63, 3.8) is 0 Å². The highest BCUT2D eigenvalue weighted by atomic mass is 16.5. The molecule has 1 rings (SSSR count). The van der Waals surface area contributed by atoms with E-state index < -0.39 is 11.9 Å². The molecule has 2 amide bonds. The Morgan fingerprint density at radius 3 is 2.28 bits per heavy atom. The Bertz CT molecular complexity index is 384. The van der Waals surface area contributed by atoms with Crippen LogP contribution < -0.4 is 0 Å². The Balaban J connectivity index is 2.27. The van der Waals surface area contributed by atoms with Gasteiger partial charge >= 0.3 is 11.9 Å². The van der Waals surface area contributed by atoms with Gasteiger partial charge in [-0.2, -0.15) is 0 Å². The molecule has 0 radical (unpaired) electrons. The number of likely N-dealkylation sites (tertiary alicyclic amines) is 1. The first-order valence-corrected chi connectivity index (χ1v) is 5.30. The lowest BCUT2D eigenvalue weighted by atomic mass is 10.4. The van der Waals surface area contributed by atoms with Gasteiger partial charge in [-0.1, -0.05) is 0 Å². The molecule has 0 aliphatic carbocycles. The van der Waals surface area contributed by atoms with Crippen molar-refractivity contribution in [1.29, 1.82) is 0 Å². The number of carbonyl (C=O) groups is 4. The van der Waals surface area contributed by atoms with Crippen LogP contribution in [0, 0.1) is 0 Å². The zero-order valence-electron chi connectivity index (χ0n) is 9.88. The molecule has 0 unspecified atom stereocenters. The van der Waals surface area contributed by atoms with Crippen LogP contribution in [0.4, 0.5) is 0 Å². The topological polar surface area (TPSA) is 90.0 Å². The molecule has 0 aromatic carbocycles. The Labute approximate surface area is 103 Å². The second-order valence-corrected chi connectivity index (χ2v) is 3.46. The summed E-state index contributed by atoms with van der Waals surface area (Å²) in [5.74, 6) is -1.93. The molecule has 1 heterocycles. The minimum absolute atomic E-state index is 0.0372. The molecule has 7 nitrogen and oxygen atoms in total. The highest BCUT2D eigenvalue weighted by Gasteiger charge is 2.28. The maximum Gasteiger partial charge on any atom is 0.331 e. The smallest absolute Gasteiger partial charge is 0.331 e. The largest absolute Gasteiger partial charge is 0.466 e. The average molecular weight is 255 g/mol. The third kappa shape index (κ3) is 4.00. The van der Waals surface area contributed by atoms with Crippen LogP contribution in [0.25, 0.3) is 0 Å². The zero-order valence-corrected chi connectivity index (χ0v) is 9.88. The minimum atomic E-state index is -0.737. The molecule has 0 aromatic heterocycles. The van der Waals surface area contributed by atoms with Crippen LogP contribution in [0.5, 0.6) is 0 Å². The summed E-state index contributed by atoms with van der Waals surface area (Å²) in [6.07, 6.45) is 2.25. The van der Waals surface area contributed by atoms with Crippen molar-refractivity contribution < 1.29 is 28.7 Å². The lowest BCUT2D eigenvalue weighted by Crippen LogP contribution is -2.32. The number of rotatable bonds is 5. The number of ether oxygens (including phenoxy) is 2. The van der Waals surface area contributed by atoms with Gasteiger partial charge in [0.25, 0.3) is 0 Å². The Kier molecular flexibility index (Phi) is 5.04. The highest BCUT2D eigenvalue weighted by molar-refractivity contribution is 6.01. The number of methoxy groups -OCH3 is 1. The number of esters is 2. The Morgan fingerprint density at radius 2 is 1.72 bits per heavy atom. The second-order valence-electron chi connectivity index (χ2n) is 3.46. The molecular weight excluding hydrogens is 242 g/mol. The monoisotopic (exact) mass is 255 g/mol. The highest BCUT2D eigenvalue weighted by Crippen LogP contribution is 2.10. The predicted octanol–water partition coefficient (Wildman–Crippen LogP) is -0.592. The van der Waals surface area contributed by atoms with Crippen LogP contribution in [0.1, 0.15) is 12.8 Å². The van der Waals surface area contributed by atoms with Gasteiger partial charge in [0.1, 0.15) is 6.61 Å². The third-order valence-corrected chi connectivity index (χ3v) is 2.27. The van der Waals surface area contributed by atoms with E-state index in [2.05, 4.69) is 4.74 Å². The molecule has 0 atom stereocenters. The van der Waals surface area contributed by atoms with E-state index in [1.54, 1.807) is 0 Å². The third-order valence-electron chi connectivity index (χ3n) is 2.27. The maximum atomic E-state index is 11.2. The number of hydrogen-bond donors (Lipinski definition) is 0. The average Bonchev–Trinajstić information content (AvgIpc) is 2.67. The van der Waals surface area contributed by atoms with Gasteiger partial charge in [-0.05, 0) is 0 Å². The summed E-state index contributed by atoms with van der Waals surface area (Å²) in [5.41, 5.74) is 0. The minimum Gasteiger partial charge on any atom is -0.466 e. The van der Waals surface area contributed by atoms with E-state index >= 15 is 0 Å². The van der Waals surface area contributed by atoms with Crippen LogP contribution in [0.15, 0.2) is 12.2 Å². The van der Waals surface area contributed by atoms with Gasteiger partial charge in [-0.25, -0.2) is 9.59 Å². The molecule has 0 spiro atoms. The van der Waals surface area contributed by atoms with Gasteiger partial charge in [0.2, 0.25) is 11.8 Å². The number of hydrogen-bond acceptors (Lipinski definition) is 6. The molecule has 0 aromatic rings. The molecule has 1 aliphatic rings. The zero-order chi connectivity index (χ0) is 13.5. The van der Waals surface area contributed by atoms with Gasteiger partial charge in [-0.15, -0.1) is 0 Å². The molecule has 18 heavy (non-hydrogen) atoms. The molecule has 0 bridgehead atoms. The quantitative estimate of drug-likeness (QED) is 0.370. The van der Waals surface area contributed by atoms with Crippen molar-refractivity contribution in [3.8, 4) is 0 Å². The van der Waals surface area contributed by atoms with Crippen LogP contribution in [-0.2, 0) is 28.7 Å². The summed E-state index contributed by atoms with van der Waals surface area (Å²) < 4.78 is 9.00. The molecule has 98 valence electrons. The molecule has 7 heteroatoms. The molecule has 1 fully saturated rings. The van der Waals surface area contributed by atoms with Gasteiger partial charge in [-0.3, -0.25) is 14.5 Å². The standard InChI is InChI=1S/C11H13NO6/c1-17-10(15)4-5-11(16)18-7-6-12-8(13)2-3-9(12)14/h4-5H,2-3,6-7H2,1H3. The first kappa shape index (κ1) is 13.9. The van der Waals surface area contributed by atoms with E-state index in [1.807, 2.05) is 0 Å². The van der Waals surface area contributed by atoms with Gasteiger partial charge < -0.3 is 9.47 Å². The van der Waals surface area contributed by atoms with Crippen molar-refractivity contribution in [3.05, 3.63) is 12.2 Å². The van der Waals surface area contributed by atoms with Crippen LogP contribution >= 0.6 is 0 Å². The van der Waals surface area contributed by atoms with Crippen LogP contribution in [0.3, 0.4) is 0 Å². The summed E-state index contributed by atoms with van der Waals surface area (Å²) in [6.45, 7) is -0.0582. The van der Waals surface area contributed by atoms with E-state index in [0.717, 1.165) is 17.1 Å². The number of imide groups is 1. The molecule has 1 saturated heterocycles. The molecule has 1 aliphatic heterocycles.